The fourth-order valence-electron chi connectivity index (χ4n) is 10.7. The van der Waals surface area contributed by atoms with Gasteiger partial charge in [-0.2, -0.15) is 0 Å². The highest BCUT2D eigenvalue weighted by molar-refractivity contribution is 7.99. The fourth-order valence-corrected chi connectivity index (χ4v) is 12.3. The second-order valence-corrected chi connectivity index (χ2v) is 17.0. The second-order valence-electron chi connectivity index (χ2n) is 15.8. The molecule has 1 spiro atoms. The Bertz CT molecular complexity index is 2350. The van der Waals surface area contributed by atoms with E-state index < -0.39 is 59.2 Å². The minimum Gasteiger partial charge on any atom is -0.504 e. The first kappa shape index (κ1) is 35.9. The van der Waals surface area contributed by atoms with Crippen molar-refractivity contribution in [2.45, 2.75) is 80.8 Å². The van der Waals surface area contributed by atoms with Gasteiger partial charge in [0.1, 0.15) is 18.6 Å². The molecule has 1 aromatic heterocycles. The minimum absolute atomic E-state index is 0.0414. The molecule has 15 heteroatoms. The number of H-pyrrole nitrogens is 1. The monoisotopic (exact) mass is 784 g/mol. The summed E-state index contributed by atoms with van der Waals surface area (Å²) in [7, 11) is 3.51. The average Bonchev–Trinajstić information content (AvgIpc) is 3.82. The number of aromatic hydroxyl groups is 1. The number of esters is 2. The number of aromatic amines is 1. The van der Waals surface area contributed by atoms with Gasteiger partial charge in [-0.05, 0) is 56.5 Å². The number of phenols is 1. The molecule has 0 unspecified atom stereocenters. The number of carbonyl (C=O) groups excluding carboxylic acids is 2. The number of aryl methyl sites for hydroxylation is 1. The molecule has 2 saturated heterocycles. The maximum absolute atomic E-state index is 14.9. The number of para-hydroxylation sites is 1. The Hall–Kier alpha value is -4.51. The van der Waals surface area contributed by atoms with Gasteiger partial charge >= 0.3 is 11.9 Å². The minimum atomic E-state index is -1.42. The SMILES string of the molecule is COc1c(C)cc2c(c1O)[C@@H]1[C@H]3[C@H]4SC[C@]5(N[C@H](CO)Cc6c5[nH]c5ccccc65)C(=O)OC[C@H](c5c6c(c(C)c(OC(C)=O)c54)OCO6)N3[C@H](O)[C@H](C2)N1C. The van der Waals surface area contributed by atoms with Gasteiger partial charge < -0.3 is 44.0 Å². The number of benzene rings is 3. The van der Waals surface area contributed by atoms with E-state index in [1.165, 1.54) is 25.8 Å². The van der Waals surface area contributed by atoms with E-state index in [9.17, 15) is 24.9 Å². The van der Waals surface area contributed by atoms with Gasteiger partial charge in [0.25, 0.3) is 0 Å². The number of nitrogens with zero attached hydrogens (tertiary/aromatic N) is 2. The molecular formula is C41H44N4O10S. The van der Waals surface area contributed by atoms with E-state index in [0.717, 1.165) is 27.6 Å². The van der Waals surface area contributed by atoms with Crippen LogP contribution in [0.3, 0.4) is 0 Å². The van der Waals surface area contributed by atoms with Gasteiger partial charge in [-0.3, -0.25) is 19.9 Å². The van der Waals surface area contributed by atoms with Crippen LogP contribution in [0.2, 0.25) is 0 Å². The normalized spacial score (nSPS) is 30.3. The zero-order chi connectivity index (χ0) is 38.9. The highest BCUT2D eigenvalue weighted by atomic mass is 32.2. The lowest BCUT2D eigenvalue weighted by atomic mass is 9.73. The highest BCUT2D eigenvalue weighted by Gasteiger charge is 2.62. The first-order valence-electron chi connectivity index (χ1n) is 19.0. The van der Waals surface area contributed by atoms with Crippen LogP contribution in [0.4, 0.5) is 0 Å². The van der Waals surface area contributed by atoms with Gasteiger partial charge in [0, 0.05) is 57.9 Å². The van der Waals surface area contributed by atoms with Crippen LogP contribution in [0.5, 0.6) is 28.7 Å². The van der Waals surface area contributed by atoms with Crippen LogP contribution in [-0.4, -0.2) is 106 Å². The molecule has 8 atom stereocenters. The number of hydrogen-bond acceptors (Lipinski definition) is 14. The lowest BCUT2D eigenvalue weighted by Gasteiger charge is -2.62. The maximum Gasteiger partial charge on any atom is 0.333 e. The Morgan fingerprint density at radius 2 is 1.88 bits per heavy atom. The molecule has 5 N–H and O–H groups in total. The summed E-state index contributed by atoms with van der Waals surface area (Å²) in [5, 5.41) is 39.2. The van der Waals surface area contributed by atoms with Crippen LogP contribution < -0.4 is 24.3 Å². The Kier molecular flexibility index (Phi) is 8.17. The van der Waals surface area contributed by atoms with Crippen LogP contribution in [0, 0.1) is 13.8 Å². The van der Waals surface area contributed by atoms with E-state index in [1.54, 1.807) is 0 Å². The summed E-state index contributed by atoms with van der Waals surface area (Å²) in [5.41, 5.74) is 5.36. The molecule has 4 aromatic rings. The quantitative estimate of drug-likeness (QED) is 0.151. The summed E-state index contributed by atoms with van der Waals surface area (Å²) < 4.78 is 30.6. The van der Waals surface area contributed by atoms with Gasteiger partial charge in [0.2, 0.25) is 6.79 Å². The fraction of sp³-hybridized carbons (Fsp3) is 0.463. The van der Waals surface area contributed by atoms with E-state index in [2.05, 4.69) is 15.2 Å². The predicted octanol–water partition coefficient (Wildman–Crippen LogP) is 3.54. The number of nitrogens with one attached hydrogen (secondary N) is 2. The number of likely N-dealkylation sites (N-methyl/N-ethyl adjacent to an activating group) is 1. The molecular weight excluding hydrogens is 741 g/mol. The number of piperazine rings is 1. The second kappa shape index (κ2) is 12.7. The number of methoxy groups -OCH3 is 1. The largest absolute Gasteiger partial charge is 0.504 e. The third-order valence-electron chi connectivity index (χ3n) is 12.9. The number of carbonyl (C=O) groups is 2. The molecule has 294 valence electrons. The number of hydrogen-bond donors (Lipinski definition) is 5. The number of thioether (sulfide) groups is 1. The first-order chi connectivity index (χ1) is 27.0. The maximum atomic E-state index is 14.9. The molecule has 11 rings (SSSR count). The Morgan fingerprint density at radius 1 is 1.09 bits per heavy atom. The molecule has 2 fully saturated rings. The predicted molar refractivity (Wildman–Crippen MR) is 204 cm³/mol. The number of aromatic nitrogens is 1. The van der Waals surface area contributed by atoms with Crippen molar-refractivity contribution in [1.82, 2.24) is 20.1 Å². The van der Waals surface area contributed by atoms with Crippen molar-refractivity contribution in [1.29, 1.82) is 0 Å². The lowest BCUT2D eigenvalue weighted by molar-refractivity contribution is -0.186. The molecule has 7 aliphatic heterocycles. The number of ether oxygens (including phenoxy) is 5. The summed E-state index contributed by atoms with van der Waals surface area (Å²) in [6.45, 7) is 4.62. The molecule has 7 aliphatic rings. The van der Waals surface area contributed by atoms with Crippen molar-refractivity contribution in [3.05, 3.63) is 75.0 Å². The van der Waals surface area contributed by atoms with E-state index in [4.69, 9.17) is 23.7 Å². The zero-order valence-electron chi connectivity index (χ0n) is 31.7. The first-order valence-corrected chi connectivity index (χ1v) is 20.0. The van der Waals surface area contributed by atoms with Gasteiger partial charge in [-0.1, -0.05) is 24.3 Å². The number of fused-ring (bicyclic) bond motifs is 11. The number of aliphatic hydroxyl groups excluding tert-OH is 2. The van der Waals surface area contributed by atoms with Crippen LogP contribution in [0.1, 0.15) is 68.9 Å². The molecule has 3 aromatic carbocycles. The summed E-state index contributed by atoms with van der Waals surface area (Å²) in [4.78, 5) is 35.6. The molecule has 0 radical (unpaired) electrons. The van der Waals surface area contributed by atoms with Crippen LogP contribution in [0.15, 0.2) is 30.3 Å². The summed E-state index contributed by atoms with van der Waals surface area (Å²) >= 11 is 1.47. The van der Waals surface area contributed by atoms with E-state index in [0.29, 0.717) is 63.8 Å². The third-order valence-corrected chi connectivity index (χ3v) is 14.4. The molecule has 14 nitrogen and oxygen atoms in total. The molecule has 0 aliphatic carbocycles. The molecule has 56 heavy (non-hydrogen) atoms. The zero-order valence-corrected chi connectivity index (χ0v) is 32.5. The Balaban J connectivity index is 1.25. The number of aliphatic hydroxyl groups is 2. The van der Waals surface area contributed by atoms with Crippen molar-refractivity contribution in [3.63, 3.8) is 0 Å². The lowest BCUT2D eigenvalue weighted by Crippen LogP contribution is -2.70. The number of phenolic OH excluding ortho intramolecular Hbond substituents is 1. The van der Waals surface area contributed by atoms with Crippen molar-refractivity contribution >= 4 is 34.6 Å². The molecule has 0 amide bonds. The summed E-state index contributed by atoms with van der Waals surface area (Å²) in [6, 6.07) is 7.21. The average molecular weight is 785 g/mol. The van der Waals surface area contributed by atoms with Gasteiger partial charge in [-0.15, -0.1) is 11.8 Å². The van der Waals surface area contributed by atoms with E-state index in [-0.39, 0.29) is 31.5 Å². The summed E-state index contributed by atoms with van der Waals surface area (Å²) in [5.74, 6) is 0.732. The topological polar surface area (TPSA) is 175 Å². The highest BCUT2D eigenvalue weighted by Crippen LogP contribution is 2.64. The Morgan fingerprint density at radius 3 is 2.64 bits per heavy atom. The molecule has 8 heterocycles. The van der Waals surface area contributed by atoms with Crippen molar-refractivity contribution in [3.8, 4) is 28.7 Å². The summed E-state index contributed by atoms with van der Waals surface area (Å²) in [6.07, 6.45) is -0.0981. The van der Waals surface area contributed by atoms with Crippen molar-refractivity contribution in [2.75, 3.05) is 39.9 Å². The van der Waals surface area contributed by atoms with Gasteiger partial charge in [0.15, 0.2) is 28.5 Å². The van der Waals surface area contributed by atoms with Crippen molar-refractivity contribution < 1.29 is 48.6 Å². The van der Waals surface area contributed by atoms with Crippen molar-refractivity contribution in [2.24, 2.45) is 0 Å². The Labute approximate surface area is 327 Å². The van der Waals surface area contributed by atoms with E-state index >= 15 is 0 Å². The smallest absolute Gasteiger partial charge is 0.333 e. The van der Waals surface area contributed by atoms with Crippen LogP contribution in [0.25, 0.3) is 10.9 Å². The van der Waals surface area contributed by atoms with Gasteiger partial charge in [0.05, 0.1) is 42.8 Å². The third kappa shape index (κ3) is 4.75. The standard InChI is InChI=1S/C41H44N4O10S/c1-17-10-20-11-25-39(49)45-26-14-52-40(50)41(38-23(12-21(13-46)43-41)22-8-6-7-9-24(22)42-38)15-56-37(31(45)30(44(25)4)27(20)32(48)33(17)51-5)29-28(26)36-35(53-16-54-36)18(2)34(29)55-19(3)47/h6-10,21,25-26,30-31,37,39,42-43,46,48-49H,11-16H2,1-5H3/t21-,25-,26+,30+,31-,37-,39+,41+/m0/s1. The van der Waals surface area contributed by atoms with Gasteiger partial charge in [-0.25, -0.2) is 4.79 Å². The van der Waals surface area contributed by atoms with Crippen LogP contribution in [-0.2, 0) is 32.7 Å². The van der Waals surface area contributed by atoms with E-state index in [1.807, 2.05) is 56.1 Å². The molecule has 4 bridgehead atoms. The van der Waals surface area contributed by atoms with Crippen LogP contribution >= 0.6 is 11.8 Å². The number of rotatable bonds is 3. The molecule has 0 saturated carbocycles.